The van der Waals surface area contributed by atoms with Crippen molar-refractivity contribution < 1.29 is 23.9 Å². The highest BCUT2D eigenvalue weighted by Gasteiger charge is 2.15. The highest BCUT2D eigenvalue weighted by Crippen LogP contribution is 2.14. The summed E-state index contributed by atoms with van der Waals surface area (Å²) in [7, 11) is 0. The van der Waals surface area contributed by atoms with Crippen LogP contribution in [0.4, 0.5) is 4.79 Å². The minimum absolute atomic E-state index is 0.0156. The summed E-state index contributed by atoms with van der Waals surface area (Å²) in [4.78, 5) is 48.1. The van der Waals surface area contributed by atoms with Crippen molar-refractivity contribution in [3.8, 4) is 0 Å². The number of imide groups is 1. The van der Waals surface area contributed by atoms with Crippen LogP contribution < -0.4 is 16.0 Å². The van der Waals surface area contributed by atoms with E-state index in [0.717, 1.165) is 10.4 Å². The van der Waals surface area contributed by atoms with Gasteiger partial charge in [0.15, 0.2) is 12.3 Å². The SMILES string of the molecule is O=C(COC(=O)CCNC(=O)c1n[nH]c2ccccc12)NC(=O)NCc1cccs1. The van der Waals surface area contributed by atoms with Crippen LogP contribution in [0.3, 0.4) is 0 Å². The topological polar surface area (TPSA) is 142 Å². The van der Waals surface area contributed by atoms with Gasteiger partial charge in [-0.05, 0) is 17.5 Å². The number of rotatable bonds is 8. The van der Waals surface area contributed by atoms with Gasteiger partial charge >= 0.3 is 12.0 Å². The Bertz CT molecular complexity index is 1050. The quantitative estimate of drug-likeness (QED) is 0.398. The van der Waals surface area contributed by atoms with E-state index >= 15 is 0 Å². The fraction of sp³-hybridized carbons (Fsp3) is 0.211. The average Bonchev–Trinajstić information content (AvgIpc) is 3.40. The fourth-order valence-corrected chi connectivity index (χ4v) is 3.15. The lowest BCUT2D eigenvalue weighted by Crippen LogP contribution is -2.41. The summed E-state index contributed by atoms with van der Waals surface area (Å²) in [6, 6.07) is 10.2. The number of urea groups is 1. The number of carbonyl (C=O) groups excluding carboxylic acids is 4. The molecule has 4 amide bonds. The van der Waals surface area contributed by atoms with Gasteiger partial charge in [0.25, 0.3) is 11.8 Å². The molecular weight excluding hydrogens is 410 g/mol. The van der Waals surface area contributed by atoms with Crippen molar-refractivity contribution in [2.24, 2.45) is 0 Å². The molecule has 0 spiro atoms. The molecule has 11 heteroatoms. The van der Waals surface area contributed by atoms with Crippen molar-refractivity contribution in [3.63, 3.8) is 0 Å². The monoisotopic (exact) mass is 429 g/mol. The lowest BCUT2D eigenvalue weighted by Gasteiger charge is -2.07. The minimum Gasteiger partial charge on any atom is -0.456 e. The van der Waals surface area contributed by atoms with E-state index in [2.05, 4.69) is 26.1 Å². The zero-order valence-corrected chi connectivity index (χ0v) is 16.6. The predicted octanol–water partition coefficient (Wildman–Crippen LogP) is 1.31. The molecular formula is C19H19N5O5S. The molecule has 0 aliphatic carbocycles. The number of aromatic amines is 1. The van der Waals surface area contributed by atoms with Crippen molar-refractivity contribution in [3.05, 3.63) is 52.3 Å². The lowest BCUT2D eigenvalue weighted by atomic mass is 10.2. The largest absolute Gasteiger partial charge is 0.456 e. The summed E-state index contributed by atoms with van der Waals surface area (Å²) in [5, 5.41) is 16.4. The van der Waals surface area contributed by atoms with E-state index in [9.17, 15) is 19.2 Å². The second kappa shape index (κ2) is 10.2. The second-order valence-corrected chi connectivity index (χ2v) is 7.13. The van der Waals surface area contributed by atoms with E-state index in [1.165, 1.54) is 11.3 Å². The molecule has 0 fully saturated rings. The smallest absolute Gasteiger partial charge is 0.321 e. The zero-order chi connectivity index (χ0) is 21.3. The van der Waals surface area contributed by atoms with Gasteiger partial charge in [0, 0.05) is 16.8 Å². The number of hydrogen-bond donors (Lipinski definition) is 4. The Morgan fingerprint density at radius 3 is 2.70 bits per heavy atom. The normalized spacial score (nSPS) is 10.4. The molecule has 0 bridgehead atoms. The Morgan fingerprint density at radius 1 is 1.07 bits per heavy atom. The van der Waals surface area contributed by atoms with Gasteiger partial charge in [0.2, 0.25) is 0 Å². The first-order valence-corrected chi connectivity index (χ1v) is 9.88. The number of thiophene rings is 1. The first-order chi connectivity index (χ1) is 14.5. The highest BCUT2D eigenvalue weighted by atomic mass is 32.1. The van der Waals surface area contributed by atoms with Crippen LogP contribution >= 0.6 is 11.3 Å². The van der Waals surface area contributed by atoms with Gasteiger partial charge in [-0.1, -0.05) is 24.3 Å². The van der Waals surface area contributed by atoms with Crippen LogP contribution in [0.5, 0.6) is 0 Å². The molecule has 0 unspecified atom stereocenters. The van der Waals surface area contributed by atoms with Crippen molar-refractivity contribution in [2.75, 3.05) is 13.2 Å². The molecule has 0 atom stereocenters. The van der Waals surface area contributed by atoms with E-state index in [1.54, 1.807) is 18.2 Å². The third kappa shape index (κ3) is 5.88. The third-order valence-electron chi connectivity index (χ3n) is 3.92. The van der Waals surface area contributed by atoms with Gasteiger partial charge in [-0.3, -0.25) is 24.8 Å². The Balaban J connectivity index is 1.32. The lowest BCUT2D eigenvalue weighted by molar-refractivity contribution is -0.148. The number of esters is 1. The van der Waals surface area contributed by atoms with Crippen LogP contribution in [0.2, 0.25) is 0 Å². The summed E-state index contributed by atoms with van der Waals surface area (Å²) >= 11 is 1.47. The molecule has 0 aliphatic heterocycles. The maximum Gasteiger partial charge on any atom is 0.321 e. The molecule has 2 heterocycles. The molecule has 30 heavy (non-hydrogen) atoms. The molecule has 0 radical (unpaired) electrons. The maximum absolute atomic E-state index is 12.2. The fourth-order valence-electron chi connectivity index (χ4n) is 2.50. The van der Waals surface area contributed by atoms with Crippen LogP contribution in [0, 0.1) is 0 Å². The van der Waals surface area contributed by atoms with Crippen molar-refractivity contribution >= 4 is 46.1 Å². The number of aromatic nitrogens is 2. The van der Waals surface area contributed by atoms with Crippen molar-refractivity contribution in [1.29, 1.82) is 0 Å². The molecule has 2 aromatic heterocycles. The first-order valence-electron chi connectivity index (χ1n) is 9.00. The van der Waals surface area contributed by atoms with Crippen LogP contribution in [0.15, 0.2) is 41.8 Å². The molecule has 0 saturated carbocycles. The van der Waals surface area contributed by atoms with Gasteiger partial charge in [-0.15, -0.1) is 11.3 Å². The molecule has 1 aromatic carbocycles. The van der Waals surface area contributed by atoms with E-state index in [4.69, 9.17) is 4.74 Å². The van der Waals surface area contributed by atoms with Crippen molar-refractivity contribution in [2.45, 2.75) is 13.0 Å². The van der Waals surface area contributed by atoms with Gasteiger partial charge in [-0.25, -0.2) is 4.79 Å². The molecule has 3 rings (SSSR count). The predicted molar refractivity (Wildman–Crippen MR) is 109 cm³/mol. The second-order valence-electron chi connectivity index (χ2n) is 6.09. The molecule has 4 N–H and O–H groups in total. The van der Waals surface area contributed by atoms with Crippen molar-refractivity contribution in [1.82, 2.24) is 26.1 Å². The molecule has 156 valence electrons. The highest BCUT2D eigenvalue weighted by molar-refractivity contribution is 7.09. The molecule has 3 aromatic rings. The number of carbonyl (C=O) groups is 4. The number of amides is 4. The zero-order valence-electron chi connectivity index (χ0n) is 15.8. The Hall–Kier alpha value is -3.73. The Labute approximate surface area is 175 Å². The number of benzene rings is 1. The van der Waals surface area contributed by atoms with Crippen LogP contribution in [-0.2, 0) is 20.9 Å². The Morgan fingerprint density at radius 2 is 1.90 bits per heavy atom. The number of ether oxygens (including phenoxy) is 1. The van der Waals surface area contributed by atoms with E-state index in [1.807, 2.05) is 23.6 Å². The van der Waals surface area contributed by atoms with E-state index in [0.29, 0.717) is 11.9 Å². The standard InChI is InChI=1S/C19H19N5O5S/c25-15(22-19(28)21-10-12-4-3-9-30-12)11-29-16(26)7-8-20-18(27)17-13-5-1-2-6-14(13)23-24-17/h1-6,9H,7-8,10-11H2,(H,20,27)(H,23,24)(H2,21,22,25,28). The van der Waals surface area contributed by atoms with E-state index < -0.39 is 30.4 Å². The summed E-state index contributed by atoms with van der Waals surface area (Å²) in [5.41, 5.74) is 0.958. The van der Waals surface area contributed by atoms with Crippen LogP contribution in [-0.4, -0.2) is 47.2 Å². The average molecular weight is 429 g/mol. The minimum atomic E-state index is -0.751. The van der Waals surface area contributed by atoms with E-state index in [-0.39, 0.29) is 18.7 Å². The number of H-pyrrole nitrogens is 1. The third-order valence-corrected chi connectivity index (χ3v) is 4.80. The molecule has 10 nitrogen and oxygen atoms in total. The van der Waals surface area contributed by atoms with Gasteiger partial charge in [0.1, 0.15) is 0 Å². The summed E-state index contributed by atoms with van der Waals surface area (Å²) in [6.07, 6.45) is -0.133. The molecule has 0 aliphatic rings. The summed E-state index contributed by atoms with van der Waals surface area (Å²) in [6.45, 7) is -0.285. The number of nitrogens with one attached hydrogen (secondary N) is 4. The van der Waals surface area contributed by atoms with Gasteiger partial charge in [0.05, 0.1) is 18.5 Å². The summed E-state index contributed by atoms with van der Waals surface area (Å²) in [5.74, 6) is -1.87. The van der Waals surface area contributed by atoms with Crippen LogP contribution in [0.1, 0.15) is 21.8 Å². The first kappa shape index (κ1) is 21.0. The number of nitrogens with zero attached hydrogens (tertiary/aromatic N) is 1. The molecule has 0 saturated heterocycles. The van der Waals surface area contributed by atoms with Gasteiger partial charge in [-0.2, -0.15) is 5.10 Å². The number of fused-ring (bicyclic) bond motifs is 1. The maximum atomic E-state index is 12.2. The van der Waals surface area contributed by atoms with Crippen LogP contribution in [0.25, 0.3) is 10.9 Å². The number of hydrogen-bond acceptors (Lipinski definition) is 7. The van der Waals surface area contributed by atoms with Gasteiger partial charge < -0.3 is 15.4 Å². The summed E-state index contributed by atoms with van der Waals surface area (Å²) < 4.78 is 4.80. The number of para-hydroxylation sites is 1. The Kier molecular flexibility index (Phi) is 7.11.